The van der Waals surface area contributed by atoms with E-state index in [2.05, 4.69) is 9.97 Å². The second kappa shape index (κ2) is 4.51. The second-order valence-electron chi connectivity index (χ2n) is 2.82. The van der Waals surface area contributed by atoms with E-state index in [1.807, 2.05) is 0 Å². The number of nitrogen functional groups attached to an aromatic ring is 1. The molecule has 2 aromatic heterocycles. The van der Waals surface area contributed by atoms with Crippen LogP contribution < -0.4 is 5.73 Å². The maximum Gasteiger partial charge on any atom is 0.121 e. The molecule has 5 heteroatoms. The lowest BCUT2D eigenvalue weighted by Crippen LogP contribution is -1.87. The van der Waals surface area contributed by atoms with Crippen LogP contribution in [-0.4, -0.2) is 9.97 Å². The van der Waals surface area contributed by atoms with Crippen LogP contribution >= 0.6 is 23.4 Å². The largest absolute Gasteiger partial charge is 0.399 e. The van der Waals surface area contributed by atoms with Crippen LogP contribution in [0.2, 0.25) is 5.02 Å². The number of hydrogen-bond acceptors (Lipinski definition) is 4. The molecule has 0 amide bonds. The summed E-state index contributed by atoms with van der Waals surface area (Å²) in [5, 5.41) is 2.14. The number of nitrogens with two attached hydrogens (primary N) is 1. The van der Waals surface area contributed by atoms with E-state index in [4.69, 9.17) is 17.3 Å². The summed E-state index contributed by atoms with van der Waals surface area (Å²) in [7, 11) is 0. The normalized spacial score (nSPS) is 10.2. The van der Waals surface area contributed by atoms with Crippen LogP contribution in [0.5, 0.6) is 0 Å². The number of hydrogen-bond donors (Lipinski definition) is 1. The van der Waals surface area contributed by atoms with E-state index in [0.29, 0.717) is 10.7 Å². The molecule has 0 unspecified atom stereocenters. The highest BCUT2D eigenvalue weighted by Crippen LogP contribution is 2.30. The first kappa shape index (κ1) is 10.3. The van der Waals surface area contributed by atoms with Crippen molar-refractivity contribution in [3.8, 4) is 0 Å². The van der Waals surface area contributed by atoms with E-state index in [1.165, 1.54) is 11.8 Å². The van der Waals surface area contributed by atoms with Gasteiger partial charge in [0.25, 0.3) is 0 Å². The Bertz CT molecular complexity index is 476. The van der Waals surface area contributed by atoms with Gasteiger partial charge in [-0.05, 0) is 36.0 Å². The highest BCUT2D eigenvalue weighted by Gasteiger charge is 2.04. The number of rotatable bonds is 2. The third kappa shape index (κ3) is 2.61. The summed E-state index contributed by atoms with van der Waals surface area (Å²) >= 11 is 7.37. The Balaban J connectivity index is 2.26. The fourth-order valence-electron chi connectivity index (χ4n) is 1.03. The van der Waals surface area contributed by atoms with Crippen molar-refractivity contribution in [1.82, 2.24) is 9.97 Å². The van der Waals surface area contributed by atoms with E-state index in [9.17, 15) is 0 Å². The van der Waals surface area contributed by atoms with Crippen LogP contribution in [0.25, 0.3) is 0 Å². The molecule has 0 aliphatic heterocycles. The zero-order valence-corrected chi connectivity index (χ0v) is 9.29. The van der Waals surface area contributed by atoms with Crippen molar-refractivity contribution >= 4 is 29.1 Å². The molecule has 0 aliphatic rings. The van der Waals surface area contributed by atoms with Gasteiger partial charge < -0.3 is 5.73 Å². The third-order valence-corrected chi connectivity index (χ3v) is 3.05. The van der Waals surface area contributed by atoms with Crippen LogP contribution in [0.4, 0.5) is 5.69 Å². The van der Waals surface area contributed by atoms with Crippen molar-refractivity contribution in [2.24, 2.45) is 0 Å². The van der Waals surface area contributed by atoms with Gasteiger partial charge in [0.05, 0.1) is 5.02 Å². The van der Waals surface area contributed by atoms with Gasteiger partial charge in [0.1, 0.15) is 10.1 Å². The molecule has 0 saturated heterocycles. The Labute approximate surface area is 96.7 Å². The Morgan fingerprint density at radius 3 is 2.80 bits per heavy atom. The molecule has 3 nitrogen and oxygen atoms in total. The Kier molecular flexibility index (Phi) is 3.08. The quantitative estimate of drug-likeness (QED) is 0.873. The molecule has 15 heavy (non-hydrogen) atoms. The van der Waals surface area contributed by atoms with Gasteiger partial charge in [-0.25, -0.2) is 9.97 Å². The maximum absolute atomic E-state index is 5.97. The molecule has 0 spiro atoms. The van der Waals surface area contributed by atoms with Crippen LogP contribution in [0.15, 0.2) is 46.7 Å². The molecule has 0 atom stereocenters. The highest BCUT2D eigenvalue weighted by atomic mass is 35.5. The first-order chi connectivity index (χ1) is 7.25. The molecule has 76 valence electrons. The minimum absolute atomic E-state index is 0.617. The number of halogens is 1. The summed E-state index contributed by atoms with van der Waals surface area (Å²) in [6.07, 6.45) is 3.36. The van der Waals surface area contributed by atoms with Crippen LogP contribution in [0, 0.1) is 0 Å². The van der Waals surface area contributed by atoms with Gasteiger partial charge in [-0.3, -0.25) is 0 Å². The fourth-order valence-corrected chi connectivity index (χ4v) is 2.05. The first-order valence-electron chi connectivity index (χ1n) is 4.25. The standard InChI is InChI=1S/C10H8ClN3S/c11-8-2-1-4-14-10(8)15-9-6-7(12)3-5-13-9/h1-6H,(H2,12,13). The minimum atomic E-state index is 0.617. The average molecular weight is 238 g/mol. The van der Waals surface area contributed by atoms with Gasteiger partial charge in [-0.1, -0.05) is 11.6 Å². The van der Waals surface area contributed by atoms with Crippen molar-refractivity contribution in [2.45, 2.75) is 10.1 Å². The van der Waals surface area contributed by atoms with E-state index >= 15 is 0 Å². The lowest BCUT2D eigenvalue weighted by Gasteiger charge is -2.02. The van der Waals surface area contributed by atoms with Crippen LogP contribution in [-0.2, 0) is 0 Å². The van der Waals surface area contributed by atoms with Gasteiger partial charge in [0.15, 0.2) is 0 Å². The highest BCUT2D eigenvalue weighted by molar-refractivity contribution is 7.99. The van der Waals surface area contributed by atoms with E-state index in [-0.39, 0.29) is 0 Å². The molecular weight excluding hydrogens is 230 g/mol. The zero-order valence-electron chi connectivity index (χ0n) is 7.72. The lowest BCUT2D eigenvalue weighted by molar-refractivity contribution is 1.09. The van der Waals surface area contributed by atoms with Crippen molar-refractivity contribution in [3.63, 3.8) is 0 Å². The summed E-state index contributed by atoms with van der Waals surface area (Å²) < 4.78 is 0. The van der Waals surface area contributed by atoms with Gasteiger partial charge in [0, 0.05) is 18.1 Å². The van der Waals surface area contributed by atoms with E-state index in [1.54, 1.807) is 36.7 Å². The van der Waals surface area contributed by atoms with Crippen molar-refractivity contribution < 1.29 is 0 Å². The molecule has 0 saturated carbocycles. The maximum atomic E-state index is 5.97. The molecule has 2 N–H and O–H groups in total. The predicted molar refractivity (Wildman–Crippen MR) is 62.0 cm³/mol. The molecule has 0 radical (unpaired) electrons. The minimum Gasteiger partial charge on any atom is -0.399 e. The van der Waals surface area contributed by atoms with Crippen molar-refractivity contribution in [1.29, 1.82) is 0 Å². The summed E-state index contributed by atoms with van der Waals surface area (Å²) in [6.45, 7) is 0. The number of pyridine rings is 2. The van der Waals surface area contributed by atoms with Crippen molar-refractivity contribution in [3.05, 3.63) is 41.7 Å². The second-order valence-corrected chi connectivity index (χ2v) is 4.24. The molecule has 2 rings (SSSR count). The molecule has 0 aromatic carbocycles. The van der Waals surface area contributed by atoms with Crippen LogP contribution in [0.1, 0.15) is 0 Å². The predicted octanol–water partition coefficient (Wildman–Crippen LogP) is 2.86. The molecule has 0 bridgehead atoms. The topological polar surface area (TPSA) is 51.8 Å². The van der Waals surface area contributed by atoms with Gasteiger partial charge in [0.2, 0.25) is 0 Å². The zero-order chi connectivity index (χ0) is 10.7. The summed E-state index contributed by atoms with van der Waals surface area (Å²) in [5.74, 6) is 0. The summed E-state index contributed by atoms with van der Waals surface area (Å²) in [4.78, 5) is 8.31. The SMILES string of the molecule is Nc1ccnc(Sc2ncccc2Cl)c1. The molecule has 0 fully saturated rings. The first-order valence-corrected chi connectivity index (χ1v) is 5.45. The Hall–Kier alpha value is -1.26. The van der Waals surface area contributed by atoms with Crippen LogP contribution in [0.3, 0.4) is 0 Å². The number of nitrogens with zero attached hydrogens (tertiary/aromatic N) is 2. The lowest BCUT2D eigenvalue weighted by atomic mass is 10.4. The van der Waals surface area contributed by atoms with E-state index in [0.717, 1.165) is 10.1 Å². The summed E-state index contributed by atoms with van der Waals surface area (Å²) in [5.41, 5.74) is 6.32. The molecule has 0 aliphatic carbocycles. The number of aromatic nitrogens is 2. The molecule has 2 heterocycles. The molecule has 2 aromatic rings. The van der Waals surface area contributed by atoms with Gasteiger partial charge in [-0.2, -0.15) is 0 Å². The monoisotopic (exact) mass is 237 g/mol. The van der Waals surface area contributed by atoms with Gasteiger partial charge >= 0.3 is 0 Å². The molecular formula is C10H8ClN3S. The van der Waals surface area contributed by atoms with Crippen molar-refractivity contribution in [2.75, 3.05) is 5.73 Å². The Morgan fingerprint density at radius 2 is 2.07 bits per heavy atom. The average Bonchev–Trinajstić information content (AvgIpc) is 2.22. The Morgan fingerprint density at radius 1 is 1.20 bits per heavy atom. The smallest absolute Gasteiger partial charge is 0.121 e. The third-order valence-electron chi connectivity index (χ3n) is 1.68. The summed E-state index contributed by atoms with van der Waals surface area (Å²) in [6, 6.07) is 7.11. The fraction of sp³-hybridized carbons (Fsp3) is 0. The van der Waals surface area contributed by atoms with E-state index < -0.39 is 0 Å². The van der Waals surface area contributed by atoms with Gasteiger partial charge in [-0.15, -0.1) is 0 Å². The number of anilines is 1.